The fourth-order valence-electron chi connectivity index (χ4n) is 0.129. The van der Waals surface area contributed by atoms with E-state index in [0.717, 1.165) is 6.21 Å². The van der Waals surface area contributed by atoms with E-state index in [1.54, 1.807) is 7.05 Å². The Labute approximate surface area is 55.1 Å². The molecular weight excluding hydrogens is 176 g/mol. The summed E-state index contributed by atoms with van der Waals surface area (Å²) in [6.07, 6.45) is 0.786. The van der Waals surface area contributed by atoms with Crippen LogP contribution in [0.5, 0.6) is 0 Å². The van der Waals surface area contributed by atoms with Gasteiger partial charge < -0.3 is 5.11 Å². The van der Waals surface area contributed by atoms with Crippen LogP contribution in [0.1, 0.15) is 0 Å². The minimum atomic E-state index is -1.06. The molecule has 0 bridgehead atoms. The van der Waals surface area contributed by atoms with Crippen molar-refractivity contribution in [2.24, 2.45) is 5.10 Å². The van der Waals surface area contributed by atoms with Crippen LogP contribution in [-0.4, -0.2) is 28.4 Å². The number of hydrazone groups is 1. The molecule has 0 unspecified atom stereocenters. The quantitative estimate of drug-likeness (QED) is 0.378. The second-order valence-corrected chi connectivity index (χ2v) is 2.05. The van der Waals surface area contributed by atoms with Gasteiger partial charge in [0, 0.05) is 7.05 Å². The molecule has 1 N–H and O–H groups in total. The number of halogens is 1. The van der Waals surface area contributed by atoms with Crippen LogP contribution in [0.4, 0.5) is 0 Å². The van der Waals surface area contributed by atoms with Gasteiger partial charge in [-0.05, 0) is 0 Å². The van der Waals surface area contributed by atoms with Crippen LogP contribution in [-0.2, 0) is 4.79 Å². The Morgan fingerprint density at radius 2 is 2.50 bits per heavy atom. The van der Waals surface area contributed by atoms with Crippen LogP contribution >= 0.6 is 16.1 Å². The van der Waals surface area contributed by atoms with Crippen molar-refractivity contribution in [1.29, 1.82) is 0 Å². The van der Waals surface area contributed by atoms with Crippen molar-refractivity contribution in [3.63, 3.8) is 0 Å². The maximum Gasteiger partial charge on any atom is 0.348 e. The van der Waals surface area contributed by atoms with E-state index in [0.29, 0.717) is 0 Å². The normalized spacial score (nSPS) is 9.75. The standard InChI is InChI=1S/C3H5BrN2O2/c1-6(4)5-2-3(7)8/h2H,1H3,(H,7,8)/b5-2-. The topological polar surface area (TPSA) is 52.9 Å². The number of carboxylic acids is 1. The molecule has 0 atom stereocenters. The molecule has 0 saturated heterocycles. The van der Waals surface area contributed by atoms with Crippen molar-refractivity contribution in [2.45, 2.75) is 0 Å². The smallest absolute Gasteiger partial charge is 0.348 e. The van der Waals surface area contributed by atoms with Gasteiger partial charge in [-0.3, -0.25) is 0 Å². The lowest BCUT2D eigenvalue weighted by molar-refractivity contribution is -0.128. The number of rotatable bonds is 2. The van der Waals surface area contributed by atoms with E-state index < -0.39 is 5.97 Å². The summed E-state index contributed by atoms with van der Waals surface area (Å²) in [6.45, 7) is 0. The first-order chi connectivity index (χ1) is 3.63. The summed E-state index contributed by atoms with van der Waals surface area (Å²) in [5.41, 5.74) is 0. The summed E-state index contributed by atoms with van der Waals surface area (Å²) >= 11 is 2.87. The molecule has 0 rings (SSSR count). The van der Waals surface area contributed by atoms with E-state index in [9.17, 15) is 4.79 Å². The fourth-order valence-corrected chi connectivity index (χ4v) is 0.221. The zero-order valence-corrected chi connectivity index (χ0v) is 5.79. The number of nitrogens with zero attached hydrogens (tertiary/aromatic N) is 2. The zero-order valence-electron chi connectivity index (χ0n) is 4.21. The van der Waals surface area contributed by atoms with Gasteiger partial charge in [-0.15, -0.1) is 0 Å². The Kier molecular flexibility index (Phi) is 3.18. The predicted octanol–water partition coefficient (Wildman–Crippen LogP) is 0.298. The molecule has 46 valence electrons. The Bertz CT molecular complexity index is 112. The lowest BCUT2D eigenvalue weighted by atomic mass is 10.8. The van der Waals surface area contributed by atoms with E-state index in [4.69, 9.17) is 5.11 Å². The number of aliphatic carboxylic acids is 1. The Morgan fingerprint density at radius 3 is 2.62 bits per heavy atom. The fraction of sp³-hybridized carbons (Fsp3) is 0.333. The number of hydrogen-bond acceptors (Lipinski definition) is 3. The summed E-state index contributed by atoms with van der Waals surface area (Å²) in [5.74, 6) is -1.06. The molecule has 5 heteroatoms. The Balaban J connectivity index is 3.50. The first-order valence-corrected chi connectivity index (χ1v) is 2.50. The summed E-state index contributed by atoms with van der Waals surface area (Å²) in [7, 11) is 1.57. The second kappa shape index (κ2) is 3.43. The monoisotopic (exact) mass is 180 g/mol. The van der Waals surface area contributed by atoms with Gasteiger partial charge in [-0.1, -0.05) is 0 Å². The van der Waals surface area contributed by atoms with Gasteiger partial charge in [0.05, 0.1) is 16.1 Å². The van der Waals surface area contributed by atoms with E-state index in [-0.39, 0.29) is 0 Å². The number of hydrogen-bond donors (Lipinski definition) is 1. The molecule has 0 amide bonds. The predicted molar refractivity (Wildman–Crippen MR) is 32.8 cm³/mol. The zero-order chi connectivity index (χ0) is 6.57. The first-order valence-electron chi connectivity index (χ1n) is 1.79. The van der Waals surface area contributed by atoms with Crippen molar-refractivity contribution >= 4 is 28.3 Å². The largest absolute Gasteiger partial charge is 0.477 e. The first kappa shape index (κ1) is 7.42. The minimum Gasteiger partial charge on any atom is -0.477 e. The average molecular weight is 181 g/mol. The van der Waals surface area contributed by atoms with Gasteiger partial charge in [-0.2, -0.15) is 5.10 Å². The molecule has 4 nitrogen and oxygen atoms in total. The third-order valence-electron chi connectivity index (χ3n) is 0.327. The van der Waals surface area contributed by atoms with E-state index >= 15 is 0 Å². The highest BCUT2D eigenvalue weighted by molar-refractivity contribution is 9.07. The van der Waals surface area contributed by atoms with Crippen LogP contribution in [0.15, 0.2) is 5.10 Å². The molecule has 0 spiro atoms. The van der Waals surface area contributed by atoms with Gasteiger partial charge in [0.15, 0.2) is 0 Å². The average Bonchev–Trinajstić information content (AvgIpc) is 1.61. The third kappa shape index (κ3) is 5.42. The van der Waals surface area contributed by atoms with Crippen molar-refractivity contribution in [2.75, 3.05) is 7.05 Å². The highest BCUT2D eigenvalue weighted by atomic mass is 79.9. The molecule has 0 aromatic rings. The number of carbonyl (C=O) groups is 1. The molecule has 0 aromatic heterocycles. The van der Waals surface area contributed by atoms with Gasteiger partial charge in [-0.25, -0.2) is 8.83 Å². The molecule has 0 aliphatic carbocycles. The highest BCUT2D eigenvalue weighted by Gasteiger charge is 1.85. The second-order valence-electron chi connectivity index (χ2n) is 1.03. The van der Waals surface area contributed by atoms with E-state index in [2.05, 4.69) is 21.2 Å². The Hall–Kier alpha value is -0.580. The molecule has 0 aromatic carbocycles. The van der Waals surface area contributed by atoms with E-state index in [1.165, 1.54) is 4.03 Å². The van der Waals surface area contributed by atoms with Crippen LogP contribution in [0.3, 0.4) is 0 Å². The minimum absolute atomic E-state index is 0.786. The summed E-state index contributed by atoms with van der Waals surface area (Å²) in [6, 6.07) is 0. The third-order valence-corrected chi connectivity index (χ3v) is 0.510. The molecule has 0 radical (unpaired) electrons. The van der Waals surface area contributed by atoms with Crippen molar-refractivity contribution in [1.82, 2.24) is 4.03 Å². The summed E-state index contributed by atoms with van der Waals surface area (Å²) < 4.78 is 1.22. The molecule has 0 aliphatic heterocycles. The van der Waals surface area contributed by atoms with Crippen molar-refractivity contribution in [3.8, 4) is 0 Å². The SMILES string of the molecule is CN(Br)/N=C\C(=O)O. The van der Waals surface area contributed by atoms with Gasteiger partial charge in [0.1, 0.15) is 6.21 Å². The van der Waals surface area contributed by atoms with Gasteiger partial charge >= 0.3 is 5.97 Å². The molecule has 8 heavy (non-hydrogen) atoms. The molecular formula is C3H5BrN2O2. The molecule has 0 fully saturated rings. The van der Waals surface area contributed by atoms with Crippen LogP contribution in [0, 0.1) is 0 Å². The lowest BCUT2D eigenvalue weighted by Gasteiger charge is -1.95. The van der Waals surface area contributed by atoms with Gasteiger partial charge in [0.2, 0.25) is 0 Å². The van der Waals surface area contributed by atoms with E-state index in [1.807, 2.05) is 0 Å². The van der Waals surface area contributed by atoms with Gasteiger partial charge in [0.25, 0.3) is 0 Å². The van der Waals surface area contributed by atoms with Crippen molar-refractivity contribution in [3.05, 3.63) is 0 Å². The molecule has 0 heterocycles. The summed E-state index contributed by atoms with van der Waals surface area (Å²) in [5, 5.41) is 11.3. The van der Waals surface area contributed by atoms with Crippen molar-refractivity contribution < 1.29 is 9.90 Å². The summed E-state index contributed by atoms with van der Waals surface area (Å²) in [4.78, 5) is 9.71. The molecule has 0 saturated carbocycles. The van der Waals surface area contributed by atoms with Crippen LogP contribution in [0.25, 0.3) is 0 Å². The van der Waals surface area contributed by atoms with Crippen LogP contribution in [0.2, 0.25) is 0 Å². The molecule has 0 aliphatic rings. The van der Waals surface area contributed by atoms with Crippen LogP contribution < -0.4 is 0 Å². The Morgan fingerprint density at radius 1 is 2.00 bits per heavy atom. The maximum absolute atomic E-state index is 9.71. The lowest BCUT2D eigenvalue weighted by Crippen LogP contribution is -2.00. The highest BCUT2D eigenvalue weighted by Crippen LogP contribution is 1.88. The maximum atomic E-state index is 9.71. The number of carboxylic acid groups (broad SMARTS) is 1.